The van der Waals surface area contributed by atoms with Crippen LogP contribution in [0.2, 0.25) is 0 Å². The van der Waals surface area contributed by atoms with E-state index in [4.69, 9.17) is 9.47 Å². The van der Waals surface area contributed by atoms with E-state index < -0.39 is 107 Å². The molecule has 1 spiro atoms. The normalized spacial score (nSPS) is 21.8. The summed E-state index contributed by atoms with van der Waals surface area (Å²) in [5.41, 5.74) is -5.09. The number of halogens is 9. The van der Waals surface area contributed by atoms with Crippen LogP contribution in [0.5, 0.6) is 0 Å². The summed E-state index contributed by atoms with van der Waals surface area (Å²) >= 11 is 0. The molecule has 2 saturated carbocycles. The van der Waals surface area contributed by atoms with Crippen LogP contribution in [0.25, 0.3) is 0 Å². The van der Waals surface area contributed by atoms with Gasteiger partial charge in [-0.2, -0.15) is 44.6 Å². The highest BCUT2D eigenvalue weighted by molar-refractivity contribution is 5.96. The number of carbonyl (C=O) groups excluding carboxylic acids is 5. The molecule has 2 aliphatic carbocycles. The first-order valence-electron chi connectivity index (χ1n) is 22.2. The van der Waals surface area contributed by atoms with Gasteiger partial charge in [-0.1, -0.05) is 24.3 Å². The van der Waals surface area contributed by atoms with E-state index in [-0.39, 0.29) is 70.1 Å². The Hall–Kier alpha value is -5.67. The summed E-state index contributed by atoms with van der Waals surface area (Å²) in [5, 5.41) is 6.87. The average Bonchev–Trinajstić information content (AvgIpc) is 4.20. The second-order valence-electron chi connectivity index (χ2n) is 19.0. The van der Waals surface area contributed by atoms with Crippen molar-refractivity contribution in [2.45, 2.75) is 88.6 Å². The van der Waals surface area contributed by atoms with Crippen molar-refractivity contribution >= 4 is 29.6 Å². The average molecular weight is 969 g/mol. The molecule has 0 unspecified atom stereocenters. The van der Waals surface area contributed by atoms with Crippen molar-refractivity contribution in [1.29, 1.82) is 0 Å². The SMILES string of the molecule is COC(=O)c1ccc(C2CCN(C(=O)[C@@H](NC(=O)[C@@H]3CN(C(=O)c4cnn(Cc5ccc(C(F)(F)F)cc5)c4)CC34CN(C(=O)C3(C(F)(F)F)CC3)C4)[C@@H](C)OCC3(C(F)(F)F)CC3)CC2)cc1. The molecular formula is C46H49F9N6O7. The zero-order chi connectivity index (χ0) is 49.2. The summed E-state index contributed by atoms with van der Waals surface area (Å²) in [6, 6.07) is 9.60. The Kier molecular flexibility index (Phi) is 12.7. The monoisotopic (exact) mass is 968 g/mol. The number of esters is 1. The lowest BCUT2D eigenvalue weighted by Crippen LogP contribution is -2.67. The fraction of sp³-hybridized carbons (Fsp3) is 0.565. The molecule has 5 fully saturated rings. The maximum Gasteiger partial charge on any atom is 0.416 e. The molecule has 68 heavy (non-hydrogen) atoms. The number of amides is 4. The summed E-state index contributed by atoms with van der Waals surface area (Å²) in [4.78, 5) is 72.2. The lowest BCUT2D eigenvalue weighted by molar-refractivity contribution is -0.206. The third kappa shape index (κ3) is 9.40. The summed E-state index contributed by atoms with van der Waals surface area (Å²) < 4.78 is 135. The quantitative estimate of drug-likeness (QED) is 0.149. The van der Waals surface area contributed by atoms with Crippen LogP contribution in [0.1, 0.15) is 88.8 Å². The van der Waals surface area contributed by atoms with E-state index in [0.717, 1.165) is 22.6 Å². The second kappa shape index (κ2) is 17.7. The number of hydrogen-bond acceptors (Lipinski definition) is 8. The van der Waals surface area contributed by atoms with Crippen LogP contribution in [-0.2, 0) is 36.6 Å². The van der Waals surface area contributed by atoms with Gasteiger partial charge in [-0.25, -0.2) is 4.79 Å². The van der Waals surface area contributed by atoms with Crippen LogP contribution < -0.4 is 5.32 Å². The summed E-state index contributed by atoms with van der Waals surface area (Å²) in [6.07, 6.45) is -13.0. The third-order valence-electron chi connectivity index (χ3n) is 14.5. The van der Waals surface area contributed by atoms with E-state index in [1.165, 1.54) is 53.0 Å². The predicted molar refractivity (Wildman–Crippen MR) is 220 cm³/mol. The van der Waals surface area contributed by atoms with Gasteiger partial charge in [0, 0.05) is 50.9 Å². The third-order valence-corrected chi connectivity index (χ3v) is 14.5. The predicted octanol–water partition coefficient (Wildman–Crippen LogP) is 6.62. The van der Waals surface area contributed by atoms with Crippen LogP contribution in [0.3, 0.4) is 0 Å². The van der Waals surface area contributed by atoms with Crippen molar-refractivity contribution in [3.05, 3.63) is 88.7 Å². The van der Waals surface area contributed by atoms with Crippen LogP contribution in [-0.4, -0.2) is 132 Å². The lowest BCUT2D eigenvalue weighted by Gasteiger charge is -2.51. The maximum absolute atomic E-state index is 14.6. The molecule has 4 heterocycles. The van der Waals surface area contributed by atoms with Gasteiger partial charge in [0.25, 0.3) is 5.91 Å². The Labute approximate surface area is 384 Å². The largest absolute Gasteiger partial charge is 0.465 e. The summed E-state index contributed by atoms with van der Waals surface area (Å²) in [5.74, 6) is -5.02. The van der Waals surface area contributed by atoms with E-state index in [1.54, 1.807) is 24.3 Å². The van der Waals surface area contributed by atoms with Crippen LogP contribution >= 0.6 is 0 Å². The topological polar surface area (TPSA) is 143 Å². The Morgan fingerprint density at radius 3 is 1.96 bits per heavy atom. The fourth-order valence-electron chi connectivity index (χ4n) is 9.76. The van der Waals surface area contributed by atoms with Gasteiger partial charge in [-0.3, -0.25) is 23.9 Å². The highest BCUT2D eigenvalue weighted by Crippen LogP contribution is 2.60. The van der Waals surface area contributed by atoms with Gasteiger partial charge in [0.2, 0.25) is 17.7 Å². The molecule has 8 rings (SSSR count). The van der Waals surface area contributed by atoms with Gasteiger partial charge in [0.15, 0.2) is 0 Å². The Morgan fingerprint density at radius 1 is 0.794 bits per heavy atom. The van der Waals surface area contributed by atoms with Crippen molar-refractivity contribution in [1.82, 2.24) is 29.8 Å². The minimum atomic E-state index is -4.82. The number of piperidine rings is 1. The first kappa shape index (κ1) is 48.8. The molecule has 22 heteroatoms. The number of ether oxygens (including phenoxy) is 2. The van der Waals surface area contributed by atoms with Crippen molar-refractivity contribution in [3.63, 3.8) is 0 Å². The van der Waals surface area contributed by atoms with Crippen LogP contribution in [0.4, 0.5) is 39.5 Å². The summed E-state index contributed by atoms with van der Waals surface area (Å²) in [6.45, 7) is -0.262. The number of benzene rings is 2. The first-order valence-corrected chi connectivity index (χ1v) is 22.2. The number of likely N-dealkylation sites (tertiary alicyclic amines) is 3. The van der Waals surface area contributed by atoms with E-state index >= 15 is 0 Å². The molecule has 13 nitrogen and oxygen atoms in total. The molecule has 1 aromatic heterocycles. The number of methoxy groups -OCH3 is 1. The molecule has 3 aromatic rings. The molecule has 1 N–H and O–H groups in total. The van der Waals surface area contributed by atoms with Gasteiger partial charge in [-0.05, 0) is 86.8 Å². The molecule has 368 valence electrons. The molecular weight excluding hydrogens is 920 g/mol. The van der Waals surface area contributed by atoms with Gasteiger partial charge >= 0.3 is 24.5 Å². The first-order chi connectivity index (χ1) is 31.9. The smallest absolute Gasteiger partial charge is 0.416 e. The number of alkyl halides is 9. The molecule has 5 aliphatic rings. The van der Waals surface area contributed by atoms with Crippen molar-refractivity contribution < 1.29 is 73.0 Å². The van der Waals surface area contributed by atoms with Crippen LogP contribution in [0.15, 0.2) is 60.9 Å². The van der Waals surface area contributed by atoms with Gasteiger partial charge in [0.1, 0.15) is 11.5 Å². The van der Waals surface area contributed by atoms with E-state index in [2.05, 4.69) is 10.4 Å². The zero-order valence-corrected chi connectivity index (χ0v) is 37.0. The number of rotatable bonds is 13. The number of aromatic nitrogens is 2. The standard InChI is InChI=1S/C46H49F9N6O7/c1-27(68-26-42(13-14-42)45(50,51)52)35(38(64)58-17-11-30(12-18-58)29-5-7-31(8-6-29)39(65)67-2)57-36(62)34-22-59(23-41(34)24-60(25-41)40(66)43(15-16-43)46(53,54)55)37(63)32-19-56-61(21-32)20-28-3-9-33(10-4-28)44(47,48)49/h3-10,19,21,27,30,34-35H,11-18,20,22-26H2,1-2H3,(H,57,62)/t27-,34+,35+/m1/s1. The fourth-order valence-corrected chi connectivity index (χ4v) is 9.76. The molecule has 3 saturated heterocycles. The van der Waals surface area contributed by atoms with Crippen molar-refractivity contribution in [2.75, 3.05) is 53.0 Å². The van der Waals surface area contributed by atoms with Gasteiger partial charge in [0.05, 0.1) is 60.6 Å². The van der Waals surface area contributed by atoms with E-state index in [1.807, 2.05) is 0 Å². The highest BCUT2D eigenvalue weighted by atomic mass is 19.4. The van der Waals surface area contributed by atoms with Crippen molar-refractivity contribution in [3.8, 4) is 0 Å². The van der Waals surface area contributed by atoms with E-state index in [0.29, 0.717) is 24.0 Å². The zero-order valence-electron chi connectivity index (χ0n) is 37.0. The number of nitrogens with one attached hydrogen (secondary N) is 1. The molecule has 0 bridgehead atoms. The second-order valence-corrected chi connectivity index (χ2v) is 19.0. The van der Waals surface area contributed by atoms with Crippen molar-refractivity contribution in [2.24, 2.45) is 22.2 Å². The Morgan fingerprint density at radius 2 is 1.41 bits per heavy atom. The van der Waals surface area contributed by atoms with Gasteiger partial charge in [-0.15, -0.1) is 0 Å². The molecule has 3 aliphatic heterocycles. The molecule has 3 atom stereocenters. The number of hydrogen-bond donors (Lipinski definition) is 1. The highest BCUT2D eigenvalue weighted by Gasteiger charge is 2.72. The molecule has 4 amide bonds. The minimum Gasteiger partial charge on any atom is -0.465 e. The maximum atomic E-state index is 14.6. The van der Waals surface area contributed by atoms with Gasteiger partial charge < -0.3 is 29.5 Å². The molecule has 2 aromatic carbocycles. The minimum absolute atomic E-state index is 0.0139. The summed E-state index contributed by atoms with van der Waals surface area (Å²) in [7, 11) is 1.26. The van der Waals surface area contributed by atoms with E-state index in [9.17, 15) is 63.5 Å². The number of nitrogens with zero attached hydrogens (tertiary/aromatic N) is 5. The van der Waals surface area contributed by atoms with Crippen LogP contribution in [0, 0.1) is 22.2 Å². The molecule has 0 radical (unpaired) electrons. The lowest BCUT2D eigenvalue weighted by atomic mass is 9.70. The number of carbonyl (C=O) groups is 5. The Balaban J connectivity index is 1.01. The Bertz CT molecular complexity index is 2400.